The number of nitrogens with one attached hydrogen (secondary N) is 1. The van der Waals surface area contributed by atoms with Crippen molar-refractivity contribution in [3.8, 4) is 0 Å². The molecule has 0 radical (unpaired) electrons. The zero-order chi connectivity index (χ0) is 17.9. The van der Waals surface area contributed by atoms with Gasteiger partial charge in [-0.05, 0) is 52.8 Å². The molecule has 1 amide bonds. The molecule has 1 heterocycles. The normalized spacial score (nSPS) is 11.9. The first kappa shape index (κ1) is 17.8. The number of ether oxygens (including phenoxy) is 1. The van der Waals surface area contributed by atoms with E-state index in [-0.39, 0.29) is 5.91 Å². The van der Waals surface area contributed by atoms with Gasteiger partial charge in [-0.15, -0.1) is 0 Å². The molecule has 0 saturated heterocycles. The Hall–Kier alpha value is -2.56. The molecule has 0 fully saturated rings. The monoisotopic (exact) mass is 328 g/mol. The van der Waals surface area contributed by atoms with E-state index in [2.05, 4.69) is 5.32 Å². The molecule has 0 saturated carbocycles. The van der Waals surface area contributed by atoms with Crippen molar-refractivity contribution in [1.29, 1.82) is 0 Å². The Bertz CT molecular complexity index is 745. The molecule has 1 aromatic heterocycles. The van der Waals surface area contributed by atoms with Crippen LogP contribution in [0.3, 0.4) is 0 Å². The lowest BCUT2D eigenvalue weighted by Gasteiger charge is -2.14. The quantitative estimate of drug-likeness (QED) is 0.853. The van der Waals surface area contributed by atoms with Crippen LogP contribution in [0.25, 0.3) is 0 Å². The van der Waals surface area contributed by atoms with Gasteiger partial charge in [0.25, 0.3) is 5.91 Å². The Kier molecular flexibility index (Phi) is 5.44. The summed E-state index contributed by atoms with van der Waals surface area (Å²) in [5.74, 6) is -0.828. The summed E-state index contributed by atoms with van der Waals surface area (Å²) in [7, 11) is 0. The Labute approximate surface area is 142 Å². The van der Waals surface area contributed by atoms with E-state index in [4.69, 9.17) is 4.74 Å². The number of carbonyl (C=O) groups excluding carboxylic acids is 2. The smallest absolute Gasteiger partial charge is 0.340 e. The van der Waals surface area contributed by atoms with Gasteiger partial charge >= 0.3 is 5.97 Å². The third-order valence-corrected chi connectivity index (χ3v) is 4.08. The molecular weight excluding hydrogens is 304 g/mol. The topological polar surface area (TPSA) is 60.3 Å². The number of aromatic nitrogens is 1. The molecule has 0 spiro atoms. The third kappa shape index (κ3) is 3.85. The van der Waals surface area contributed by atoms with E-state index in [0.29, 0.717) is 11.3 Å². The lowest BCUT2D eigenvalue weighted by molar-refractivity contribution is -0.123. The summed E-state index contributed by atoms with van der Waals surface area (Å²) in [5.41, 5.74) is 4.14. The molecule has 0 unspecified atom stereocenters. The molecule has 0 aliphatic rings. The minimum absolute atomic E-state index is 0.350. The first-order valence-corrected chi connectivity index (χ1v) is 8.08. The fraction of sp³-hybridized carbons (Fsp3) is 0.368. The largest absolute Gasteiger partial charge is 0.449 e. The minimum Gasteiger partial charge on any atom is -0.449 e. The fourth-order valence-corrected chi connectivity index (χ4v) is 2.65. The molecule has 0 aliphatic heterocycles. The molecule has 1 atom stereocenters. The standard InChI is InChI=1S/C19H24N2O3/c1-6-21-13(3)11-17(14(21)4)19(23)24-15(5)18(22)20-16-9-7-12(2)8-10-16/h7-11,15H,6H2,1-5H3,(H,20,22)/t15-/m0/s1. The molecular formula is C19H24N2O3. The second-order valence-electron chi connectivity index (χ2n) is 5.93. The van der Waals surface area contributed by atoms with E-state index >= 15 is 0 Å². The van der Waals surface area contributed by atoms with Crippen LogP contribution in [0.1, 0.15) is 41.2 Å². The van der Waals surface area contributed by atoms with Crippen LogP contribution in [-0.4, -0.2) is 22.5 Å². The van der Waals surface area contributed by atoms with Gasteiger partial charge < -0.3 is 14.6 Å². The van der Waals surface area contributed by atoms with Crippen LogP contribution >= 0.6 is 0 Å². The Balaban J connectivity index is 2.03. The summed E-state index contributed by atoms with van der Waals surface area (Å²) >= 11 is 0. The summed E-state index contributed by atoms with van der Waals surface area (Å²) in [6.07, 6.45) is -0.872. The molecule has 2 aromatic rings. The van der Waals surface area contributed by atoms with E-state index < -0.39 is 12.1 Å². The molecule has 0 bridgehead atoms. The fourth-order valence-electron chi connectivity index (χ4n) is 2.65. The Morgan fingerprint density at radius 1 is 1.17 bits per heavy atom. The second kappa shape index (κ2) is 7.34. The number of aryl methyl sites for hydroxylation is 2. The molecule has 1 N–H and O–H groups in total. The van der Waals surface area contributed by atoms with Crippen molar-refractivity contribution < 1.29 is 14.3 Å². The summed E-state index contributed by atoms with van der Waals surface area (Å²) in [4.78, 5) is 24.5. The van der Waals surface area contributed by atoms with Crippen LogP contribution in [0.2, 0.25) is 0 Å². The van der Waals surface area contributed by atoms with Gasteiger partial charge in [-0.3, -0.25) is 4.79 Å². The van der Waals surface area contributed by atoms with Crippen LogP contribution in [0.15, 0.2) is 30.3 Å². The highest BCUT2D eigenvalue weighted by Gasteiger charge is 2.22. The lowest BCUT2D eigenvalue weighted by Crippen LogP contribution is -2.30. The number of rotatable bonds is 5. The minimum atomic E-state index is -0.872. The zero-order valence-electron chi connectivity index (χ0n) is 14.8. The third-order valence-electron chi connectivity index (χ3n) is 4.08. The van der Waals surface area contributed by atoms with Gasteiger partial charge in [0, 0.05) is 23.6 Å². The van der Waals surface area contributed by atoms with Gasteiger partial charge in [0.15, 0.2) is 6.10 Å². The maximum Gasteiger partial charge on any atom is 0.340 e. The Morgan fingerprint density at radius 3 is 2.33 bits per heavy atom. The lowest BCUT2D eigenvalue weighted by atomic mass is 10.2. The van der Waals surface area contributed by atoms with Gasteiger partial charge in [-0.2, -0.15) is 0 Å². The van der Waals surface area contributed by atoms with Gasteiger partial charge in [0.1, 0.15) is 0 Å². The number of carbonyl (C=O) groups is 2. The molecule has 5 heteroatoms. The Morgan fingerprint density at radius 2 is 1.79 bits per heavy atom. The molecule has 24 heavy (non-hydrogen) atoms. The second-order valence-corrected chi connectivity index (χ2v) is 5.93. The van der Waals surface area contributed by atoms with E-state index in [0.717, 1.165) is 23.5 Å². The van der Waals surface area contributed by atoms with Crippen molar-refractivity contribution in [2.24, 2.45) is 0 Å². The molecule has 1 aromatic carbocycles. The van der Waals surface area contributed by atoms with Crippen LogP contribution in [0, 0.1) is 20.8 Å². The predicted molar refractivity (Wildman–Crippen MR) is 94.3 cm³/mol. The van der Waals surface area contributed by atoms with Crippen LogP contribution in [0.4, 0.5) is 5.69 Å². The van der Waals surface area contributed by atoms with Crippen molar-refractivity contribution >= 4 is 17.6 Å². The van der Waals surface area contributed by atoms with Crippen molar-refractivity contribution in [2.45, 2.75) is 47.3 Å². The average Bonchev–Trinajstić information content (AvgIpc) is 2.83. The number of benzene rings is 1. The zero-order valence-corrected chi connectivity index (χ0v) is 14.8. The maximum absolute atomic E-state index is 12.3. The number of nitrogens with zero attached hydrogens (tertiary/aromatic N) is 1. The molecule has 128 valence electrons. The highest BCUT2D eigenvalue weighted by atomic mass is 16.5. The number of hydrogen-bond donors (Lipinski definition) is 1. The highest BCUT2D eigenvalue weighted by molar-refractivity contribution is 5.97. The van der Waals surface area contributed by atoms with E-state index in [1.807, 2.05) is 56.5 Å². The number of amides is 1. The molecule has 2 rings (SSSR count). The van der Waals surface area contributed by atoms with Gasteiger partial charge in [0.2, 0.25) is 0 Å². The van der Waals surface area contributed by atoms with E-state index in [9.17, 15) is 9.59 Å². The van der Waals surface area contributed by atoms with Crippen molar-refractivity contribution in [2.75, 3.05) is 5.32 Å². The maximum atomic E-state index is 12.3. The SMILES string of the molecule is CCn1c(C)cc(C(=O)O[C@@H](C)C(=O)Nc2ccc(C)cc2)c1C. The summed E-state index contributed by atoms with van der Waals surface area (Å²) < 4.78 is 7.36. The predicted octanol–water partition coefficient (Wildman–Crippen LogP) is 3.62. The van der Waals surface area contributed by atoms with Crippen molar-refractivity contribution in [1.82, 2.24) is 4.57 Å². The van der Waals surface area contributed by atoms with Crippen molar-refractivity contribution in [3.05, 3.63) is 52.8 Å². The van der Waals surface area contributed by atoms with Gasteiger partial charge in [0.05, 0.1) is 5.56 Å². The molecule has 5 nitrogen and oxygen atoms in total. The summed E-state index contributed by atoms with van der Waals surface area (Å²) in [5, 5.41) is 2.75. The number of hydrogen-bond acceptors (Lipinski definition) is 3. The summed E-state index contributed by atoms with van der Waals surface area (Å²) in [6, 6.07) is 9.25. The average molecular weight is 328 g/mol. The van der Waals surface area contributed by atoms with E-state index in [1.54, 1.807) is 13.0 Å². The van der Waals surface area contributed by atoms with Crippen LogP contribution in [0.5, 0.6) is 0 Å². The summed E-state index contributed by atoms with van der Waals surface area (Å²) in [6.45, 7) is 10.2. The van der Waals surface area contributed by atoms with Gasteiger partial charge in [-0.1, -0.05) is 17.7 Å². The highest BCUT2D eigenvalue weighted by Crippen LogP contribution is 2.17. The molecule has 0 aliphatic carbocycles. The number of anilines is 1. The first-order chi connectivity index (χ1) is 11.3. The number of esters is 1. The van der Waals surface area contributed by atoms with E-state index in [1.165, 1.54) is 0 Å². The first-order valence-electron chi connectivity index (χ1n) is 8.08. The van der Waals surface area contributed by atoms with Crippen molar-refractivity contribution in [3.63, 3.8) is 0 Å². The van der Waals surface area contributed by atoms with Crippen LogP contribution in [-0.2, 0) is 16.1 Å². The van der Waals surface area contributed by atoms with Gasteiger partial charge in [-0.25, -0.2) is 4.79 Å². The van der Waals surface area contributed by atoms with Crippen LogP contribution < -0.4 is 5.32 Å².